The van der Waals surface area contributed by atoms with Gasteiger partial charge in [0.2, 0.25) is 0 Å². The van der Waals surface area contributed by atoms with E-state index in [-0.39, 0.29) is 0 Å². The summed E-state index contributed by atoms with van der Waals surface area (Å²) in [5, 5.41) is 8.48. The van der Waals surface area contributed by atoms with E-state index in [4.69, 9.17) is 0 Å². The lowest BCUT2D eigenvalue weighted by Crippen LogP contribution is -2.47. The van der Waals surface area contributed by atoms with Crippen molar-refractivity contribution in [2.24, 2.45) is 0 Å². The second-order valence-corrected chi connectivity index (χ2v) is 6.00. The van der Waals surface area contributed by atoms with Crippen LogP contribution in [0.5, 0.6) is 0 Å². The zero-order valence-corrected chi connectivity index (χ0v) is 13.1. The molecule has 1 aromatic rings. The molecule has 2 heterocycles. The van der Waals surface area contributed by atoms with Crippen LogP contribution in [0.3, 0.4) is 0 Å². The lowest BCUT2D eigenvalue weighted by atomic mass is 10.0. The smallest absolute Gasteiger partial charge is 0.151 e. The fourth-order valence-electron chi connectivity index (χ4n) is 2.56. The summed E-state index contributed by atoms with van der Waals surface area (Å²) in [6.45, 7) is 9.45. The first-order valence-electron chi connectivity index (χ1n) is 7.45. The number of nitrogens with zero attached hydrogens (tertiary/aromatic N) is 4. The Bertz CT molecular complexity index is 448. The number of aromatic nitrogens is 2. The molecule has 0 saturated carbocycles. The number of hydrogen-bond acceptors (Lipinski definition) is 4. The average Bonchev–Trinajstić information content (AvgIpc) is 2.45. The van der Waals surface area contributed by atoms with Crippen LogP contribution in [0.1, 0.15) is 32.4 Å². The van der Waals surface area contributed by atoms with Crippen molar-refractivity contribution in [1.29, 1.82) is 0 Å². The zero-order chi connectivity index (χ0) is 14.5. The van der Waals surface area contributed by atoms with Gasteiger partial charge >= 0.3 is 0 Å². The molecule has 110 valence electrons. The van der Waals surface area contributed by atoms with E-state index in [9.17, 15) is 0 Å². The zero-order valence-electron chi connectivity index (χ0n) is 13.1. The number of allylic oxidation sites excluding steroid dienone is 1. The first kappa shape index (κ1) is 15.0. The van der Waals surface area contributed by atoms with E-state index in [0.29, 0.717) is 6.04 Å². The van der Waals surface area contributed by atoms with Crippen LogP contribution in [0.15, 0.2) is 23.8 Å². The third kappa shape index (κ3) is 4.04. The molecule has 2 rings (SSSR count). The monoisotopic (exact) mass is 274 g/mol. The van der Waals surface area contributed by atoms with Gasteiger partial charge in [-0.25, -0.2) is 0 Å². The van der Waals surface area contributed by atoms with Crippen molar-refractivity contribution in [2.75, 3.05) is 31.6 Å². The van der Waals surface area contributed by atoms with Gasteiger partial charge in [0, 0.05) is 25.7 Å². The molecule has 1 unspecified atom stereocenters. The summed E-state index contributed by atoms with van der Waals surface area (Å²) < 4.78 is 0. The Morgan fingerprint density at radius 3 is 2.85 bits per heavy atom. The lowest BCUT2D eigenvalue weighted by Gasteiger charge is -2.37. The molecule has 1 aromatic heterocycles. The van der Waals surface area contributed by atoms with E-state index in [1.54, 1.807) is 0 Å². The molecule has 0 aromatic carbocycles. The minimum absolute atomic E-state index is 0.599. The standard InChI is InChI=1S/C16H26N4/c1-13(2)9-11-19(4)15-6-5-10-20(12-15)16-8-7-14(3)17-18-16/h7-9,15H,5-6,10-12H2,1-4H3. The Balaban J connectivity index is 1.97. The number of likely N-dealkylation sites (N-methyl/N-ethyl adjacent to an activating group) is 1. The summed E-state index contributed by atoms with van der Waals surface area (Å²) in [5.74, 6) is 1.01. The SMILES string of the molecule is CC(C)=CCN(C)C1CCCN(c2ccc(C)nn2)C1. The predicted octanol–water partition coefficient (Wildman–Crippen LogP) is 2.65. The normalized spacial score (nSPS) is 19.2. The van der Waals surface area contributed by atoms with Gasteiger partial charge in [-0.05, 0) is 52.8 Å². The molecule has 0 spiro atoms. The van der Waals surface area contributed by atoms with Crippen LogP contribution in [-0.4, -0.2) is 47.8 Å². The number of hydrogen-bond donors (Lipinski definition) is 0. The minimum Gasteiger partial charge on any atom is -0.354 e. The molecule has 1 aliphatic heterocycles. The molecule has 1 aliphatic rings. The summed E-state index contributed by atoms with van der Waals surface area (Å²) in [4.78, 5) is 4.81. The van der Waals surface area contributed by atoms with Crippen molar-refractivity contribution in [3.8, 4) is 0 Å². The van der Waals surface area contributed by atoms with Crippen molar-refractivity contribution < 1.29 is 0 Å². The molecular weight excluding hydrogens is 248 g/mol. The lowest BCUT2D eigenvalue weighted by molar-refractivity contribution is 0.234. The third-order valence-corrected chi connectivity index (χ3v) is 3.92. The fraction of sp³-hybridized carbons (Fsp3) is 0.625. The summed E-state index contributed by atoms with van der Waals surface area (Å²) in [6, 6.07) is 4.72. The van der Waals surface area contributed by atoms with Gasteiger partial charge in [-0.1, -0.05) is 11.6 Å². The van der Waals surface area contributed by atoms with Crippen LogP contribution in [0.4, 0.5) is 5.82 Å². The van der Waals surface area contributed by atoms with E-state index in [1.165, 1.54) is 18.4 Å². The highest BCUT2D eigenvalue weighted by Gasteiger charge is 2.23. The molecule has 0 aliphatic carbocycles. The predicted molar refractivity (Wildman–Crippen MR) is 84.1 cm³/mol. The van der Waals surface area contributed by atoms with Crippen molar-refractivity contribution in [3.63, 3.8) is 0 Å². The molecule has 1 atom stereocenters. The van der Waals surface area contributed by atoms with E-state index >= 15 is 0 Å². The molecule has 4 heteroatoms. The maximum absolute atomic E-state index is 4.32. The summed E-state index contributed by atoms with van der Waals surface area (Å²) in [7, 11) is 2.22. The van der Waals surface area contributed by atoms with Gasteiger partial charge in [-0.15, -0.1) is 5.10 Å². The highest BCUT2D eigenvalue weighted by Crippen LogP contribution is 2.20. The van der Waals surface area contributed by atoms with Crippen LogP contribution in [0.25, 0.3) is 0 Å². The van der Waals surface area contributed by atoms with Gasteiger partial charge in [0.05, 0.1) is 5.69 Å². The van der Waals surface area contributed by atoms with Gasteiger partial charge in [0.15, 0.2) is 5.82 Å². The largest absolute Gasteiger partial charge is 0.354 e. The van der Waals surface area contributed by atoms with E-state index in [0.717, 1.165) is 31.1 Å². The number of anilines is 1. The molecule has 1 saturated heterocycles. The molecule has 0 N–H and O–H groups in total. The first-order valence-corrected chi connectivity index (χ1v) is 7.45. The van der Waals surface area contributed by atoms with Gasteiger partial charge < -0.3 is 4.90 Å². The Morgan fingerprint density at radius 1 is 1.40 bits per heavy atom. The second-order valence-electron chi connectivity index (χ2n) is 6.00. The Kier molecular flexibility index (Phi) is 5.12. The maximum Gasteiger partial charge on any atom is 0.151 e. The van der Waals surface area contributed by atoms with Gasteiger partial charge in [0.1, 0.15) is 0 Å². The third-order valence-electron chi connectivity index (χ3n) is 3.92. The first-order chi connectivity index (χ1) is 9.56. The summed E-state index contributed by atoms with van der Waals surface area (Å²) in [5.41, 5.74) is 2.36. The Hall–Kier alpha value is -1.42. The Morgan fingerprint density at radius 2 is 2.20 bits per heavy atom. The van der Waals surface area contributed by atoms with E-state index < -0.39 is 0 Å². The van der Waals surface area contributed by atoms with Crippen LogP contribution < -0.4 is 4.90 Å². The van der Waals surface area contributed by atoms with Gasteiger partial charge in [0.25, 0.3) is 0 Å². The molecule has 0 bridgehead atoms. The number of aryl methyl sites for hydroxylation is 1. The van der Waals surface area contributed by atoms with Crippen molar-refractivity contribution in [3.05, 3.63) is 29.5 Å². The van der Waals surface area contributed by atoms with Gasteiger partial charge in [-0.3, -0.25) is 4.90 Å². The molecule has 0 radical (unpaired) electrons. The van der Waals surface area contributed by atoms with E-state index in [2.05, 4.69) is 53.0 Å². The van der Waals surface area contributed by atoms with Crippen molar-refractivity contribution >= 4 is 5.82 Å². The molecule has 20 heavy (non-hydrogen) atoms. The number of piperidine rings is 1. The van der Waals surface area contributed by atoms with Crippen LogP contribution in [0, 0.1) is 6.92 Å². The Labute approximate surface area is 122 Å². The summed E-state index contributed by atoms with van der Waals surface area (Å²) in [6.07, 6.45) is 4.78. The molecule has 1 fully saturated rings. The summed E-state index contributed by atoms with van der Waals surface area (Å²) >= 11 is 0. The van der Waals surface area contributed by atoms with Crippen molar-refractivity contribution in [1.82, 2.24) is 15.1 Å². The number of rotatable bonds is 4. The highest BCUT2D eigenvalue weighted by molar-refractivity contribution is 5.38. The highest BCUT2D eigenvalue weighted by atomic mass is 15.3. The molecular formula is C16H26N4. The van der Waals surface area contributed by atoms with Crippen molar-refractivity contribution in [2.45, 2.75) is 39.7 Å². The molecule has 0 amide bonds. The maximum atomic E-state index is 4.32. The van der Waals surface area contributed by atoms with E-state index in [1.807, 2.05) is 13.0 Å². The quantitative estimate of drug-likeness (QED) is 0.790. The van der Waals surface area contributed by atoms with Crippen LogP contribution in [-0.2, 0) is 0 Å². The van der Waals surface area contributed by atoms with Crippen LogP contribution in [0.2, 0.25) is 0 Å². The van der Waals surface area contributed by atoms with Gasteiger partial charge in [-0.2, -0.15) is 5.10 Å². The fourth-order valence-corrected chi connectivity index (χ4v) is 2.56. The average molecular weight is 274 g/mol. The second kappa shape index (κ2) is 6.84. The molecule has 4 nitrogen and oxygen atoms in total. The minimum atomic E-state index is 0.599. The van der Waals surface area contributed by atoms with Crippen LogP contribution >= 0.6 is 0 Å². The topological polar surface area (TPSA) is 32.3 Å².